The van der Waals surface area contributed by atoms with Gasteiger partial charge < -0.3 is 4.74 Å². The number of halogens is 3. The Hall–Kier alpha value is -2.31. The van der Waals surface area contributed by atoms with Crippen molar-refractivity contribution in [3.8, 4) is 5.69 Å². The minimum Gasteiger partial charge on any atom is -0.462 e. The number of ether oxygens (including phenoxy) is 1. The molecule has 0 aliphatic heterocycles. The monoisotopic (exact) mass is 298 g/mol. The maximum absolute atomic E-state index is 13.2. The topological polar surface area (TPSA) is 44.1 Å². The SMILES string of the molecule is CCOC(=O)c1cnn(-c2ccc(C)cc2)c1C(F)(F)F. The standard InChI is InChI=1S/C14H13F3N2O2/c1-3-21-13(20)11-8-18-19(12(11)14(15,16)17)10-6-4-9(2)5-7-10/h4-8H,3H2,1-2H3. The van der Waals surface area contributed by atoms with Crippen molar-refractivity contribution in [3.63, 3.8) is 0 Å². The van der Waals surface area contributed by atoms with E-state index in [2.05, 4.69) is 9.84 Å². The summed E-state index contributed by atoms with van der Waals surface area (Å²) < 4.78 is 45.1. The van der Waals surface area contributed by atoms with Gasteiger partial charge in [0.2, 0.25) is 0 Å². The predicted octanol–water partition coefficient (Wildman–Crippen LogP) is 3.38. The molecule has 0 N–H and O–H groups in total. The molecule has 112 valence electrons. The second-order valence-corrected chi connectivity index (χ2v) is 4.37. The van der Waals surface area contributed by atoms with Gasteiger partial charge in [-0.05, 0) is 26.0 Å². The Balaban J connectivity index is 2.57. The zero-order valence-corrected chi connectivity index (χ0v) is 11.4. The maximum Gasteiger partial charge on any atom is 0.434 e. The number of nitrogens with zero attached hydrogens (tertiary/aromatic N) is 2. The van der Waals surface area contributed by atoms with Crippen LogP contribution in [0, 0.1) is 6.92 Å². The van der Waals surface area contributed by atoms with Gasteiger partial charge in [0.1, 0.15) is 5.56 Å². The molecule has 1 aromatic heterocycles. The van der Waals surface area contributed by atoms with E-state index < -0.39 is 23.4 Å². The molecular formula is C14H13F3N2O2. The zero-order chi connectivity index (χ0) is 15.6. The summed E-state index contributed by atoms with van der Waals surface area (Å²) in [5.41, 5.74) is -0.594. The van der Waals surface area contributed by atoms with Crippen molar-refractivity contribution in [2.75, 3.05) is 6.61 Å². The second-order valence-electron chi connectivity index (χ2n) is 4.37. The average molecular weight is 298 g/mol. The number of benzene rings is 1. The third-order valence-corrected chi connectivity index (χ3v) is 2.81. The van der Waals surface area contributed by atoms with Crippen LogP contribution in [0.4, 0.5) is 13.2 Å². The molecule has 0 spiro atoms. The van der Waals surface area contributed by atoms with Crippen LogP contribution in [-0.2, 0) is 10.9 Å². The van der Waals surface area contributed by atoms with Crippen molar-refractivity contribution in [2.24, 2.45) is 0 Å². The van der Waals surface area contributed by atoms with Crippen molar-refractivity contribution in [1.29, 1.82) is 0 Å². The summed E-state index contributed by atoms with van der Waals surface area (Å²) >= 11 is 0. The van der Waals surface area contributed by atoms with Crippen LogP contribution in [0.15, 0.2) is 30.5 Å². The number of hydrogen-bond donors (Lipinski definition) is 0. The number of alkyl halides is 3. The van der Waals surface area contributed by atoms with E-state index in [4.69, 9.17) is 0 Å². The third-order valence-electron chi connectivity index (χ3n) is 2.81. The normalized spacial score (nSPS) is 11.5. The lowest BCUT2D eigenvalue weighted by molar-refractivity contribution is -0.143. The molecule has 0 atom stereocenters. The third kappa shape index (κ3) is 3.07. The van der Waals surface area contributed by atoms with E-state index in [1.165, 1.54) is 19.1 Å². The van der Waals surface area contributed by atoms with Gasteiger partial charge in [0.15, 0.2) is 5.69 Å². The molecule has 0 unspecified atom stereocenters. The Bertz CT molecular complexity index is 645. The lowest BCUT2D eigenvalue weighted by Crippen LogP contribution is -2.18. The Kier molecular flexibility index (Phi) is 4.02. The summed E-state index contributed by atoms with van der Waals surface area (Å²) in [4.78, 5) is 11.6. The van der Waals surface area contributed by atoms with E-state index in [-0.39, 0.29) is 12.3 Å². The Labute approximate surface area is 119 Å². The average Bonchev–Trinajstić information content (AvgIpc) is 2.84. The highest BCUT2D eigenvalue weighted by molar-refractivity contribution is 5.90. The number of hydrogen-bond acceptors (Lipinski definition) is 3. The molecule has 1 heterocycles. The van der Waals surface area contributed by atoms with Crippen LogP contribution in [-0.4, -0.2) is 22.4 Å². The fourth-order valence-corrected chi connectivity index (χ4v) is 1.86. The molecule has 0 bridgehead atoms. The van der Waals surface area contributed by atoms with Crippen molar-refractivity contribution >= 4 is 5.97 Å². The molecule has 4 nitrogen and oxygen atoms in total. The van der Waals surface area contributed by atoms with Gasteiger partial charge in [0.25, 0.3) is 0 Å². The lowest BCUT2D eigenvalue weighted by atomic mass is 10.2. The van der Waals surface area contributed by atoms with Crippen molar-refractivity contribution in [1.82, 2.24) is 9.78 Å². The van der Waals surface area contributed by atoms with Crippen LogP contribution in [0.25, 0.3) is 5.69 Å². The van der Waals surface area contributed by atoms with Gasteiger partial charge in [-0.3, -0.25) is 0 Å². The fourth-order valence-electron chi connectivity index (χ4n) is 1.86. The van der Waals surface area contributed by atoms with Gasteiger partial charge >= 0.3 is 12.1 Å². The zero-order valence-electron chi connectivity index (χ0n) is 11.4. The summed E-state index contributed by atoms with van der Waals surface area (Å²) in [6.45, 7) is 3.34. The minimum atomic E-state index is -4.72. The van der Waals surface area contributed by atoms with E-state index in [9.17, 15) is 18.0 Å². The molecule has 0 fully saturated rings. The molecule has 1 aromatic carbocycles. The van der Waals surface area contributed by atoms with E-state index in [1.54, 1.807) is 12.1 Å². The van der Waals surface area contributed by atoms with Crippen LogP contribution >= 0.6 is 0 Å². The Morgan fingerprint density at radius 3 is 2.43 bits per heavy atom. The number of esters is 1. The Morgan fingerprint density at radius 1 is 1.29 bits per heavy atom. The van der Waals surface area contributed by atoms with E-state index in [0.717, 1.165) is 11.8 Å². The molecule has 2 rings (SSSR count). The van der Waals surface area contributed by atoms with Crippen LogP contribution in [0.1, 0.15) is 28.5 Å². The summed E-state index contributed by atoms with van der Waals surface area (Å²) in [6, 6.07) is 6.35. The number of carbonyl (C=O) groups is 1. The van der Waals surface area contributed by atoms with Crippen LogP contribution < -0.4 is 0 Å². The van der Waals surface area contributed by atoms with Gasteiger partial charge in [-0.15, -0.1) is 0 Å². The van der Waals surface area contributed by atoms with Crippen LogP contribution in [0.3, 0.4) is 0 Å². The van der Waals surface area contributed by atoms with Gasteiger partial charge in [-0.25, -0.2) is 9.48 Å². The summed E-state index contributed by atoms with van der Waals surface area (Å²) in [6.07, 6.45) is -3.84. The molecule has 0 saturated carbocycles. The van der Waals surface area contributed by atoms with Crippen molar-refractivity contribution in [2.45, 2.75) is 20.0 Å². The first-order valence-corrected chi connectivity index (χ1v) is 6.24. The minimum absolute atomic E-state index is 0.00809. The predicted molar refractivity (Wildman–Crippen MR) is 69.3 cm³/mol. The maximum atomic E-state index is 13.2. The molecular weight excluding hydrogens is 285 g/mol. The summed E-state index contributed by atoms with van der Waals surface area (Å²) in [5.74, 6) is -1.04. The molecule has 0 amide bonds. The molecule has 7 heteroatoms. The van der Waals surface area contributed by atoms with Gasteiger partial charge in [0, 0.05) is 0 Å². The number of aromatic nitrogens is 2. The van der Waals surface area contributed by atoms with Crippen molar-refractivity contribution < 1.29 is 22.7 Å². The summed E-state index contributed by atoms with van der Waals surface area (Å²) in [7, 11) is 0. The Morgan fingerprint density at radius 2 is 1.90 bits per heavy atom. The molecule has 21 heavy (non-hydrogen) atoms. The van der Waals surface area contributed by atoms with Crippen molar-refractivity contribution in [3.05, 3.63) is 47.3 Å². The fraction of sp³-hybridized carbons (Fsp3) is 0.286. The molecule has 0 saturated heterocycles. The molecule has 0 aliphatic carbocycles. The highest BCUT2D eigenvalue weighted by atomic mass is 19.4. The smallest absolute Gasteiger partial charge is 0.434 e. The first-order valence-electron chi connectivity index (χ1n) is 6.24. The van der Waals surface area contributed by atoms with Gasteiger partial charge in [0.05, 0.1) is 18.5 Å². The lowest BCUT2D eigenvalue weighted by Gasteiger charge is -2.12. The quantitative estimate of drug-likeness (QED) is 0.816. The molecule has 2 aromatic rings. The second kappa shape index (κ2) is 5.59. The number of rotatable bonds is 3. The molecule has 0 aliphatic rings. The molecule has 0 radical (unpaired) electrons. The highest BCUT2D eigenvalue weighted by Gasteiger charge is 2.41. The number of aryl methyl sites for hydroxylation is 1. The van der Waals surface area contributed by atoms with Gasteiger partial charge in [-0.1, -0.05) is 17.7 Å². The number of carbonyl (C=O) groups excluding carboxylic acids is 1. The van der Waals surface area contributed by atoms with Gasteiger partial charge in [-0.2, -0.15) is 18.3 Å². The summed E-state index contributed by atoms with van der Waals surface area (Å²) in [5, 5.41) is 3.68. The largest absolute Gasteiger partial charge is 0.462 e. The van der Waals surface area contributed by atoms with Crippen LogP contribution in [0.2, 0.25) is 0 Å². The van der Waals surface area contributed by atoms with E-state index in [0.29, 0.717) is 4.68 Å². The first-order chi connectivity index (χ1) is 9.84. The highest BCUT2D eigenvalue weighted by Crippen LogP contribution is 2.34. The van der Waals surface area contributed by atoms with Crippen LogP contribution in [0.5, 0.6) is 0 Å². The van der Waals surface area contributed by atoms with E-state index in [1.807, 2.05) is 6.92 Å². The van der Waals surface area contributed by atoms with E-state index >= 15 is 0 Å². The first kappa shape index (κ1) is 15.1.